The summed E-state index contributed by atoms with van der Waals surface area (Å²) in [7, 11) is 0. The fraction of sp³-hybridized carbons (Fsp3) is 0.0769. The number of rotatable bonds is 10. The molecule has 0 saturated carbocycles. The van der Waals surface area contributed by atoms with Crippen LogP contribution in [0.4, 0.5) is 11.5 Å². The number of amides is 1. The van der Waals surface area contributed by atoms with Gasteiger partial charge in [-0.15, -0.1) is 5.10 Å². The van der Waals surface area contributed by atoms with E-state index in [0.29, 0.717) is 37.6 Å². The molecule has 0 fully saturated rings. The van der Waals surface area contributed by atoms with E-state index in [9.17, 15) is 4.79 Å². The van der Waals surface area contributed by atoms with Gasteiger partial charge in [-0.05, 0) is 52.8 Å². The number of carbonyl (C=O) groups is 1. The molecule has 41 heavy (non-hydrogen) atoms. The van der Waals surface area contributed by atoms with Crippen molar-refractivity contribution < 1.29 is 14.2 Å². The second-order valence-electron chi connectivity index (χ2n) is 8.36. The molecule has 0 aliphatic rings. The zero-order valence-electron chi connectivity index (χ0n) is 21.0. The molecule has 0 saturated heterocycles. The lowest BCUT2D eigenvalue weighted by atomic mass is 10.2. The Balaban J connectivity index is 1.34. The van der Waals surface area contributed by atoms with E-state index in [1.807, 2.05) is 30.3 Å². The maximum atomic E-state index is 13.1. The van der Waals surface area contributed by atoms with Gasteiger partial charge in [0.15, 0.2) is 5.69 Å². The number of ether oxygens (including phenoxy) is 1. The SMILES string of the molecule is Nc1nonc1-n1nnc(C(=O)N/N=C\c2cc(Cl)ccc2OCc2c(Cl)cccc2Cl)c1CNc1ccccc1. The molecular formula is C26H20Cl3N9O3. The van der Waals surface area contributed by atoms with Crippen molar-refractivity contribution in [3.63, 3.8) is 0 Å². The second-order valence-corrected chi connectivity index (χ2v) is 9.61. The number of hydrogen-bond donors (Lipinski definition) is 3. The first kappa shape index (κ1) is 27.9. The fourth-order valence-electron chi connectivity index (χ4n) is 3.67. The largest absolute Gasteiger partial charge is 0.488 e. The summed E-state index contributed by atoms with van der Waals surface area (Å²) < 4.78 is 11.9. The topological polar surface area (TPSA) is 158 Å². The van der Waals surface area contributed by atoms with Crippen LogP contribution in [0.5, 0.6) is 5.75 Å². The van der Waals surface area contributed by atoms with Crippen molar-refractivity contribution in [1.29, 1.82) is 0 Å². The lowest BCUT2D eigenvalue weighted by Gasteiger charge is -2.12. The van der Waals surface area contributed by atoms with Gasteiger partial charge in [-0.1, -0.05) is 64.3 Å². The molecule has 0 aliphatic carbocycles. The standard InChI is InChI=1S/C26H20Cl3N9O3/c27-16-9-10-22(40-14-18-19(28)7-4-8-20(18)29)15(11-16)12-32-34-26(39)23-21(13-31-17-5-2-1-3-6-17)38(37-33-23)25-24(30)35-41-36-25/h1-12,31H,13-14H2,(H2,30,35)(H,34,39)/b32-12-. The van der Waals surface area contributed by atoms with Gasteiger partial charge >= 0.3 is 0 Å². The molecule has 0 unspecified atom stereocenters. The molecule has 0 aliphatic heterocycles. The molecule has 0 bridgehead atoms. The van der Waals surface area contributed by atoms with Crippen LogP contribution in [0.2, 0.25) is 15.1 Å². The zero-order valence-corrected chi connectivity index (χ0v) is 23.2. The Bertz CT molecular complexity index is 1690. The molecule has 2 heterocycles. The lowest BCUT2D eigenvalue weighted by molar-refractivity contribution is 0.0949. The zero-order chi connectivity index (χ0) is 28.8. The number of benzene rings is 3. The van der Waals surface area contributed by atoms with Gasteiger partial charge in [0, 0.05) is 31.9 Å². The number of nitrogens with one attached hydrogen (secondary N) is 2. The number of nitrogens with two attached hydrogens (primary N) is 1. The first-order chi connectivity index (χ1) is 19.9. The van der Waals surface area contributed by atoms with Crippen LogP contribution in [0.1, 0.15) is 27.3 Å². The minimum atomic E-state index is -0.639. The van der Waals surface area contributed by atoms with Crippen molar-refractivity contribution in [3.05, 3.63) is 104 Å². The van der Waals surface area contributed by atoms with Crippen molar-refractivity contribution in [2.45, 2.75) is 13.2 Å². The van der Waals surface area contributed by atoms with E-state index < -0.39 is 5.91 Å². The van der Waals surface area contributed by atoms with Crippen LogP contribution in [0.3, 0.4) is 0 Å². The third kappa shape index (κ3) is 6.57. The number of nitrogens with zero attached hydrogens (tertiary/aromatic N) is 6. The van der Waals surface area contributed by atoms with E-state index in [2.05, 4.69) is 41.1 Å². The highest BCUT2D eigenvalue weighted by atomic mass is 35.5. The van der Waals surface area contributed by atoms with Crippen molar-refractivity contribution >= 4 is 58.4 Å². The predicted octanol–water partition coefficient (Wildman–Crippen LogP) is 5.15. The van der Waals surface area contributed by atoms with Gasteiger partial charge in [0.2, 0.25) is 11.6 Å². The van der Waals surface area contributed by atoms with Crippen LogP contribution in [0.25, 0.3) is 5.82 Å². The quantitative estimate of drug-likeness (QED) is 0.143. The molecule has 208 valence electrons. The average molecular weight is 613 g/mol. The Morgan fingerprint density at radius 3 is 2.56 bits per heavy atom. The van der Waals surface area contributed by atoms with E-state index >= 15 is 0 Å². The maximum absolute atomic E-state index is 13.1. The average Bonchev–Trinajstić information content (AvgIpc) is 3.58. The maximum Gasteiger partial charge on any atom is 0.293 e. The van der Waals surface area contributed by atoms with Gasteiger partial charge in [-0.25, -0.2) is 10.1 Å². The van der Waals surface area contributed by atoms with E-state index in [0.717, 1.165) is 5.69 Å². The molecule has 3 aromatic carbocycles. The van der Waals surface area contributed by atoms with Gasteiger partial charge in [0.1, 0.15) is 12.4 Å². The first-order valence-electron chi connectivity index (χ1n) is 11.9. The summed E-state index contributed by atoms with van der Waals surface area (Å²) in [6.45, 7) is 0.251. The van der Waals surface area contributed by atoms with Gasteiger partial charge < -0.3 is 15.8 Å². The van der Waals surface area contributed by atoms with Crippen LogP contribution in [-0.4, -0.2) is 37.4 Å². The lowest BCUT2D eigenvalue weighted by Crippen LogP contribution is -2.21. The molecule has 15 heteroatoms. The van der Waals surface area contributed by atoms with Crippen LogP contribution in [0.15, 0.2) is 76.5 Å². The van der Waals surface area contributed by atoms with E-state index in [1.54, 1.807) is 36.4 Å². The number of halogens is 3. The molecule has 2 aromatic heterocycles. The summed E-state index contributed by atoms with van der Waals surface area (Å²) in [6.07, 6.45) is 1.39. The third-order valence-corrected chi connectivity index (χ3v) is 6.63. The summed E-state index contributed by atoms with van der Waals surface area (Å²) >= 11 is 18.7. The minimum Gasteiger partial charge on any atom is -0.488 e. The van der Waals surface area contributed by atoms with E-state index in [1.165, 1.54) is 10.9 Å². The Hall–Kier alpha value is -4.65. The van der Waals surface area contributed by atoms with E-state index in [-0.39, 0.29) is 30.5 Å². The van der Waals surface area contributed by atoms with Gasteiger partial charge in [-0.3, -0.25) is 4.79 Å². The Morgan fingerprint density at radius 1 is 1.05 bits per heavy atom. The highest BCUT2D eigenvalue weighted by Gasteiger charge is 2.24. The first-order valence-corrected chi connectivity index (χ1v) is 13.0. The molecule has 4 N–H and O–H groups in total. The van der Waals surface area contributed by atoms with Crippen LogP contribution >= 0.6 is 34.8 Å². The van der Waals surface area contributed by atoms with Crippen LogP contribution in [-0.2, 0) is 13.2 Å². The molecule has 12 nitrogen and oxygen atoms in total. The molecule has 5 rings (SSSR count). The molecule has 0 spiro atoms. The fourth-order valence-corrected chi connectivity index (χ4v) is 4.36. The Morgan fingerprint density at radius 2 is 1.83 bits per heavy atom. The Labute approximate surface area is 248 Å². The summed E-state index contributed by atoms with van der Waals surface area (Å²) in [6, 6.07) is 19.5. The summed E-state index contributed by atoms with van der Waals surface area (Å²) in [5.41, 5.74) is 10.5. The number of anilines is 2. The summed E-state index contributed by atoms with van der Waals surface area (Å²) in [5, 5.41) is 24.0. The number of nitrogen functional groups attached to an aromatic ring is 1. The van der Waals surface area contributed by atoms with Crippen molar-refractivity contribution in [1.82, 2.24) is 30.7 Å². The highest BCUT2D eigenvalue weighted by Crippen LogP contribution is 2.28. The molecule has 0 radical (unpaired) electrons. The number of carbonyl (C=O) groups excluding carboxylic acids is 1. The Kier molecular flexibility index (Phi) is 8.63. The van der Waals surface area contributed by atoms with Crippen LogP contribution in [0, 0.1) is 0 Å². The highest BCUT2D eigenvalue weighted by molar-refractivity contribution is 6.36. The van der Waals surface area contributed by atoms with Crippen molar-refractivity contribution in [2.24, 2.45) is 5.10 Å². The number of aromatic nitrogens is 5. The smallest absolute Gasteiger partial charge is 0.293 e. The number of hydrogen-bond acceptors (Lipinski definition) is 10. The van der Waals surface area contributed by atoms with Crippen molar-refractivity contribution in [3.8, 4) is 11.6 Å². The van der Waals surface area contributed by atoms with Crippen LogP contribution < -0.4 is 21.2 Å². The van der Waals surface area contributed by atoms with Gasteiger partial charge in [-0.2, -0.15) is 9.78 Å². The summed E-state index contributed by atoms with van der Waals surface area (Å²) in [5.74, 6) is -0.132. The van der Waals surface area contributed by atoms with Crippen molar-refractivity contribution in [2.75, 3.05) is 11.1 Å². The third-order valence-electron chi connectivity index (χ3n) is 5.68. The van der Waals surface area contributed by atoms with Gasteiger partial charge in [0.05, 0.1) is 18.5 Å². The molecule has 5 aromatic rings. The molecule has 1 amide bonds. The van der Waals surface area contributed by atoms with E-state index in [4.69, 9.17) is 45.3 Å². The monoisotopic (exact) mass is 611 g/mol. The summed E-state index contributed by atoms with van der Waals surface area (Å²) in [4.78, 5) is 13.1. The van der Waals surface area contributed by atoms with Gasteiger partial charge in [0.25, 0.3) is 5.91 Å². The second kappa shape index (κ2) is 12.7. The number of para-hydroxylation sites is 1. The molecule has 0 atom stereocenters. The predicted molar refractivity (Wildman–Crippen MR) is 155 cm³/mol. The molecular weight excluding hydrogens is 593 g/mol. The number of hydrazone groups is 1. The minimum absolute atomic E-state index is 0.0209. The normalized spacial score (nSPS) is 11.1.